The monoisotopic (exact) mass is 300 g/mol. The van der Waals surface area contributed by atoms with Crippen molar-refractivity contribution in [2.45, 2.75) is 25.1 Å². The summed E-state index contributed by atoms with van der Waals surface area (Å²) >= 11 is 0. The van der Waals surface area contributed by atoms with Crippen LogP contribution < -0.4 is 4.90 Å². The smallest absolute Gasteiger partial charge is 0.339 e. The molecule has 2 fully saturated rings. The zero-order valence-electron chi connectivity index (χ0n) is 12.1. The minimum Gasteiger partial charge on any atom is -0.339 e. The highest BCUT2D eigenvalue weighted by atomic mass is 19.4. The Morgan fingerprint density at radius 1 is 1.24 bits per heavy atom. The van der Waals surface area contributed by atoms with E-state index < -0.39 is 11.9 Å². The van der Waals surface area contributed by atoms with Gasteiger partial charge in [0.05, 0.1) is 0 Å². The zero-order valence-corrected chi connectivity index (χ0v) is 12.1. The summed E-state index contributed by atoms with van der Waals surface area (Å²) in [4.78, 5) is 11.8. The number of hydrogen-bond donors (Lipinski definition) is 0. The van der Waals surface area contributed by atoms with Crippen LogP contribution in [0.5, 0.6) is 0 Å². The summed E-state index contributed by atoms with van der Waals surface area (Å²) in [6.07, 6.45) is -0.771. The molecule has 0 radical (unpaired) electrons. The molecule has 1 saturated heterocycles. The summed E-state index contributed by atoms with van der Waals surface area (Å²) in [5.74, 6) is 1.39. The van der Waals surface area contributed by atoms with Crippen LogP contribution in [0.2, 0.25) is 0 Å². The normalized spacial score (nSPS) is 26.7. The van der Waals surface area contributed by atoms with Gasteiger partial charge in [-0.2, -0.15) is 13.2 Å². The second-order valence-electron chi connectivity index (χ2n) is 6.18. The van der Waals surface area contributed by atoms with Gasteiger partial charge in [0.15, 0.2) is 0 Å². The molecule has 2 atom stereocenters. The first-order valence-electron chi connectivity index (χ1n) is 7.18. The van der Waals surface area contributed by atoms with Crippen LogP contribution in [-0.2, 0) is 6.18 Å². The van der Waals surface area contributed by atoms with E-state index in [2.05, 4.69) is 14.9 Å². The molecule has 0 bridgehead atoms. The van der Waals surface area contributed by atoms with Gasteiger partial charge in [0.1, 0.15) is 5.69 Å². The highest BCUT2D eigenvalue weighted by molar-refractivity contribution is 5.34. The minimum atomic E-state index is -4.42. The molecular weight excluding hydrogens is 281 g/mol. The molecule has 0 unspecified atom stereocenters. The van der Waals surface area contributed by atoms with Crippen LogP contribution in [0.25, 0.3) is 0 Å². The van der Waals surface area contributed by atoms with Crippen LogP contribution in [0.15, 0.2) is 12.3 Å². The molecular formula is C14H19F3N4. The van der Waals surface area contributed by atoms with Crippen LogP contribution in [0.1, 0.15) is 18.5 Å². The molecule has 0 N–H and O–H groups in total. The minimum absolute atomic E-state index is 0.194. The molecule has 1 saturated carbocycles. The van der Waals surface area contributed by atoms with E-state index in [1.165, 1.54) is 19.0 Å². The number of alkyl halides is 3. The van der Waals surface area contributed by atoms with Crippen LogP contribution in [0.3, 0.4) is 0 Å². The number of aromatic nitrogens is 2. The van der Waals surface area contributed by atoms with Gasteiger partial charge < -0.3 is 9.80 Å². The second kappa shape index (κ2) is 5.12. The SMILES string of the molecule is CN(C)[C@H]1CN(c2nccc(C(F)(F)F)n2)C[C@@H]1C1CC1. The van der Waals surface area contributed by atoms with E-state index in [9.17, 15) is 13.2 Å². The summed E-state index contributed by atoms with van der Waals surface area (Å²) in [6.45, 7) is 1.43. The Hall–Kier alpha value is -1.37. The van der Waals surface area contributed by atoms with E-state index in [1.807, 2.05) is 19.0 Å². The van der Waals surface area contributed by atoms with Crippen molar-refractivity contribution in [3.63, 3.8) is 0 Å². The third kappa shape index (κ3) is 2.97. The van der Waals surface area contributed by atoms with Gasteiger partial charge in [-0.3, -0.25) is 0 Å². The third-order valence-corrected chi connectivity index (χ3v) is 4.44. The quantitative estimate of drug-likeness (QED) is 0.857. The van der Waals surface area contributed by atoms with E-state index in [4.69, 9.17) is 0 Å². The first-order chi connectivity index (χ1) is 9.86. The molecule has 1 aromatic heterocycles. The maximum absolute atomic E-state index is 12.8. The van der Waals surface area contributed by atoms with Gasteiger partial charge in [-0.15, -0.1) is 0 Å². The fraction of sp³-hybridized carbons (Fsp3) is 0.714. The van der Waals surface area contributed by atoms with Crippen LogP contribution >= 0.6 is 0 Å². The molecule has 21 heavy (non-hydrogen) atoms. The van der Waals surface area contributed by atoms with E-state index in [0.29, 0.717) is 24.4 Å². The molecule has 0 spiro atoms. The third-order valence-electron chi connectivity index (χ3n) is 4.44. The number of likely N-dealkylation sites (N-methyl/N-ethyl adjacent to an activating group) is 1. The van der Waals surface area contributed by atoms with Crippen LogP contribution in [-0.4, -0.2) is 48.1 Å². The van der Waals surface area contributed by atoms with Crippen LogP contribution in [0, 0.1) is 11.8 Å². The molecule has 0 amide bonds. The topological polar surface area (TPSA) is 32.3 Å². The lowest BCUT2D eigenvalue weighted by Gasteiger charge is -2.24. The Kier molecular flexibility index (Phi) is 3.55. The number of rotatable bonds is 3. The van der Waals surface area contributed by atoms with E-state index in [-0.39, 0.29) is 5.95 Å². The Labute approximate surface area is 122 Å². The average Bonchev–Trinajstić information content (AvgIpc) is 3.16. The molecule has 116 valence electrons. The van der Waals surface area contributed by atoms with E-state index in [0.717, 1.165) is 12.6 Å². The largest absolute Gasteiger partial charge is 0.433 e. The maximum atomic E-state index is 12.8. The van der Waals surface area contributed by atoms with Gasteiger partial charge in [0, 0.05) is 25.3 Å². The van der Waals surface area contributed by atoms with Gasteiger partial charge in [0.2, 0.25) is 5.95 Å². The first-order valence-corrected chi connectivity index (χ1v) is 7.18. The van der Waals surface area contributed by atoms with Crippen molar-refractivity contribution >= 4 is 5.95 Å². The molecule has 4 nitrogen and oxygen atoms in total. The van der Waals surface area contributed by atoms with Crippen molar-refractivity contribution in [2.24, 2.45) is 11.8 Å². The molecule has 1 aliphatic heterocycles. The zero-order chi connectivity index (χ0) is 15.2. The predicted octanol–water partition coefficient (Wildman–Crippen LogP) is 2.27. The standard InChI is InChI=1S/C14H19F3N4/c1-20(2)11-8-21(7-10(11)9-3-4-9)13-18-6-5-12(19-13)14(15,16)17/h5-6,9-11H,3-4,7-8H2,1-2H3/t10-,11+/m1/s1. The Morgan fingerprint density at radius 3 is 2.52 bits per heavy atom. The maximum Gasteiger partial charge on any atom is 0.433 e. The molecule has 3 rings (SSSR count). The van der Waals surface area contributed by atoms with Crippen molar-refractivity contribution in [1.82, 2.24) is 14.9 Å². The molecule has 1 aromatic rings. The average molecular weight is 300 g/mol. The highest BCUT2D eigenvalue weighted by Gasteiger charge is 2.44. The van der Waals surface area contributed by atoms with Gasteiger partial charge in [-0.1, -0.05) is 0 Å². The summed E-state index contributed by atoms with van der Waals surface area (Å²) < 4.78 is 38.3. The number of halogens is 3. The lowest BCUT2D eigenvalue weighted by atomic mass is 9.97. The Balaban J connectivity index is 1.81. The van der Waals surface area contributed by atoms with Crippen molar-refractivity contribution < 1.29 is 13.2 Å². The van der Waals surface area contributed by atoms with E-state index >= 15 is 0 Å². The van der Waals surface area contributed by atoms with Gasteiger partial charge in [-0.05, 0) is 44.8 Å². The lowest BCUT2D eigenvalue weighted by Crippen LogP contribution is -2.36. The molecule has 2 heterocycles. The Bertz CT molecular complexity index is 503. The van der Waals surface area contributed by atoms with E-state index in [1.54, 1.807) is 0 Å². The summed E-state index contributed by atoms with van der Waals surface area (Å²) in [5, 5.41) is 0. The van der Waals surface area contributed by atoms with Crippen molar-refractivity contribution in [3.05, 3.63) is 18.0 Å². The summed E-state index contributed by atoms with van der Waals surface area (Å²) in [6, 6.07) is 1.28. The van der Waals surface area contributed by atoms with Crippen molar-refractivity contribution in [2.75, 3.05) is 32.1 Å². The molecule has 1 aliphatic carbocycles. The van der Waals surface area contributed by atoms with Gasteiger partial charge >= 0.3 is 6.18 Å². The molecule has 0 aromatic carbocycles. The lowest BCUT2D eigenvalue weighted by molar-refractivity contribution is -0.141. The first kappa shape index (κ1) is 14.6. The Morgan fingerprint density at radius 2 is 1.95 bits per heavy atom. The number of hydrogen-bond acceptors (Lipinski definition) is 4. The predicted molar refractivity (Wildman–Crippen MR) is 72.9 cm³/mol. The molecule has 2 aliphatic rings. The summed E-state index contributed by atoms with van der Waals surface area (Å²) in [7, 11) is 4.05. The fourth-order valence-corrected chi connectivity index (χ4v) is 3.17. The number of nitrogens with zero attached hydrogens (tertiary/aromatic N) is 4. The number of anilines is 1. The summed E-state index contributed by atoms with van der Waals surface area (Å²) in [5.41, 5.74) is -0.872. The fourth-order valence-electron chi connectivity index (χ4n) is 3.17. The second-order valence-corrected chi connectivity index (χ2v) is 6.18. The van der Waals surface area contributed by atoms with Crippen molar-refractivity contribution in [1.29, 1.82) is 0 Å². The van der Waals surface area contributed by atoms with Gasteiger partial charge in [0.25, 0.3) is 0 Å². The van der Waals surface area contributed by atoms with Gasteiger partial charge in [-0.25, -0.2) is 9.97 Å². The molecule has 7 heteroatoms. The van der Waals surface area contributed by atoms with Crippen molar-refractivity contribution in [3.8, 4) is 0 Å². The van der Waals surface area contributed by atoms with Crippen LogP contribution in [0.4, 0.5) is 19.1 Å². The highest BCUT2D eigenvalue weighted by Crippen LogP contribution is 2.43.